The Morgan fingerprint density at radius 2 is 1.61 bits per heavy atom. The van der Waals surface area contributed by atoms with Crippen LogP contribution in [0.25, 0.3) is 17.4 Å². The molecule has 2 heterocycles. The zero-order chi connectivity index (χ0) is 26.9. The van der Waals surface area contributed by atoms with E-state index in [2.05, 4.69) is 5.32 Å². The van der Waals surface area contributed by atoms with Crippen LogP contribution in [0.4, 0.5) is 5.69 Å². The molecule has 1 aliphatic heterocycles. The van der Waals surface area contributed by atoms with Crippen LogP contribution in [0.15, 0.2) is 106 Å². The molecule has 0 radical (unpaired) electrons. The highest BCUT2D eigenvalue weighted by Gasteiger charge is 2.34. The Balaban J connectivity index is 1.39. The van der Waals surface area contributed by atoms with Gasteiger partial charge in [-0.25, -0.2) is 13.6 Å². The van der Waals surface area contributed by atoms with E-state index in [1.807, 2.05) is 30.3 Å². The number of rotatable bonds is 6. The minimum Gasteiger partial charge on any atom is -0.457 e. The van der Waals surface area contributed by atoms with Crippen molar-refractivity contribution in [2.75, 3.05) is 4.90 Å². The summed E-state index contributed by atoms with van der Waals surface area (Å²) in [5.74, 6) is 0.451. The number of nitrogens with two attached hydrogens (primary N) is 1. The predicted octanol–water partition coefficient (Wildman–Crippen LogP) is 4.22. The molecule has 0 bridgehead atoms. The Hall–Kier alpha value is -4.58. The number of primary sulfonamides is 1. The van der Waals surface area contributed by atoms with E-state index in [0.29, 0.717) is 28.5 Å². The van der Waals surface area contributed by atoms with Gasteiger partial charge in [-0.15, -0.1) is 0 Å². The number of hydrogen-bond donors (Lipinski definition) is 2. The molecule has 2 amide bonds. The molecule has 38 heavy (non-hydrogen) atoms. The quantitative estimate of drug-likeness (QED) is 0.211. The fourth-order valence-corrected chi connectivity index (χ4v) is 4.57. The highest BCUT2D eigenvalue weighted by atomic mass is 32.2. The lowest BCUT2D eigenvalue weighted by Crippen LogP contribution is -2.54. The van der Waals surface area contributed by atoms with E-state index in [4.69, 9.17) is 26.5 Å². The average Bonchev–Trinajstić information content (AvgIpc) is 3.36. The van der Waals surface area contributed by atoms with E-state index in [-0.39, 0.29) is 21.3 Å². The van der Waals surface area contributed by atoms with Crippen LogP contribution >= 0.6 is 12.2 Å². The molecule has 0 saturated carbocycles. The SMILES string of the molecule is NS(=O)(=O)c1cccc(-c2ccc(C=C3C(=O)NC(=S)N(c4ccc(Oc5ccccc5)cc4)C3=O)o2)c1. The van der Waals surface area contributed by atoms with E-state index in [9.17, 15) is 18.0 Å². The lowest BCUT2D eigenvalue weighted by Gasteiger charge is -2.28. The van der Waals surface area contributed by atoms with Crippen LogP contribution in [0.2, 0.25) is 0 Å². The highest BCUT2D eigenvalue weighted by molar-refractivity contribution is 7.89. The Labute approximate surface area is 223 Å². The molecule has 0 spiro atoms. The Bertz CT molecular complexity index is 1690. The molecule has 1 aliphatic rings. The van der Waals surface area contributed by atoms with Gasteiger partial charge in [0, 0.05) is 5.56 Å². The van der Waals surface area contributed by atoms with Crippen molar-refractivity contribution >= 4 is 50.9 Å². The minimum atomic E-state index is -3.90. The van der Waals surface area contributed by atoms with Crippen molar-refractivity contribution < 1.29 is 27.2 Å². The second kappa shape index (κ2) is 10.1. The molecule has 5 rings (SSSR count). The number of sulfonamides is 1. The van der Waals surface area contributed by atoms with Crippen molar-refractivity contribution in [2.24, 2.45) is 5.14 Å². The summed E-state index contributed by atoms with van der Waals surface area (Å²) in [6, 6.07) is 25.0. The number of para-hydroxylation sites is 1. The van der Waals surface area contributed by atoms with Gasteiger partial charge in [-0.2, -0.15) is 0 Å². The van der Waals surface area contributed by atoms with Crippen molar-refractivity contribution in [3.05, 3.63) is 102 Å². The van der Waals surface area contributed by atoms with Crippen molar-refractivity contribution in [1.29, 1.82) is 0 Å². The maximum Gasteiger partial charge on any atom is 0.270 e. The standard InChI is InChI=1S/C27H19N3O6S2/c28-38(33,34)22-8-4-5-17(15-22)24-14-13-21(36-24)16-23-25(31)29-27(37)30(26(23)32)18-9-11-20(12-10-18)35-19-6-2-1-3-7-19/h1-16H,(H2,28,33,34)(H,29,31,37). The van der Waals surface area contributed by atoms with Gasteiger partial charge in [-0.3, -0.25) is 19.8 Å². The number of thiocarbonyl (C=S) groups is 1. The molecule has 1 fully saturated rings. The predicted molar refractivity (Wildman–Crippen MR) is 145 cm³/mol. The molecule has 0 aliphatic carbocycles. The first kappa shape index (κ1) is 25.1. The average molecular weight is 546 g/mol. The van der Waals surface area contributed by atoms with Gasteiger partial charge in [0.05, 0.1) is 10.6 Å². The summed E-state index contributed by atoms with van der Waals surface area (Å²) >= 11 is 5.26. The zero-order valence-corrected chi connectivity index (χ0v) is 21.2. The molecule has 1 aromatic heterocycles. The Kier molecular flexibility index (Phi) is 6.64. The third kappa shape index (κ3) is 5.25. The van der Waals surface area contributed by atoms with Crippen LogP contribution in [0.5, 0.6) is 11.5 Å². The third-order valence-corrected chi connectivity index (χ3v) is 6.73. The smallest absolute Gasteiger partial charge is 0.270 e. The summed E-state index contributed by atoms with van der Waals surface area (Å²) < 4.78 is 34.9. The van der Waals surface area contributed by atoms with Crippen molar-refractivity contribution in [1.82, 2.24) is 5.32 Å². The van der Waals surface area contributed by atoms with E-state index >= 15 is 0 Å². The van der Waals surface area contributed by atoms with Crippen molar-refractivity contribution in [3.63, 3.8) is 0 Å². The van der Waals surface area contributed by atoms with Gasteiger partial charge < -0.3 is 9.15 Å². The minimum absolute atomic E-state index is 0.0613. The number of carbonyl (C=O) groups is 2. The van der Waals surface area contributed by atoms with E-state index in [0.717, 1.165) is 0 Å². The summed E-state index contributed by atoms with van der Waals surface area (Å²) in [5.41, 5.74) is 0.704. The Morgan fingerprint density at radius 1 is 0.895 bits per heavy atom. The number of ether oxygens (including phenoxy) is 1. The fourth-order valence-electron chi connectivity index (χ4n) is 3.73. The molecule has 1 saturated heterocycles. The first-order chi connectivity index (χ1) is 18.2. The molecule has 4 aromatic rings. The monoisotopic (exact) mass is 545 g/mol. The number of nitrogens with one attached hydrogen (secondary N) is 1. The van der Waals surface area contributed by atoms with E-state index < -0.39 is 21.8 Å². The fraction of sp³-hybridized carbons (Fsp3) is 0. The van der Waals surface area contributed by atoms with E-state index in [1.165, 1.54) is 29.2 Å². The molecule has 0 unspecified atom stereocenters. The second-order valence-electron chi connectivity index (χ2n) is 8.14. The van der Waals surface area contributed by atoms with Gasteiger partial charge in [0.2, 0.25) is 10.0 Å². The molecule has 3 aromatic carbocycles. The maximum absolute atomic E-state index is 13.3. The molecule has 0 atom stereocenters. The number of nitrogens with zero attached hydrogens (tertiary/aromatic N) is 1. The maximum atomic E-state index is 13.3. The number of furan rings is 1. The normalized spacial score (nSPS) is 15.0. The number of hydrogen-bond acceptors (Lipinski definition) is 7. The molecule has 3 N–H and O–H groups in total. The lowest BCUT2D eigenvalue weighted by atomic mass is 10.1. The van der Waals surface area contributed by atoms with Gasteiger partial charge in [0.1, 0.15) is 28.6 Å². The molecule has 190 valence electrons. The summed E-state index contributed by atoms with van der Waals surface area (Å²) in [5, 5.41) is 7.67. The van der Waals surface area contributed by atoms with Gasteiger partial charge in [0.15, 0.2) is 5.11 Å². The molecular weight excluding hydrogens is 526 g/mol. The van der Waals surface area contributed by atoms with Gasteiger partial charge in [-0.05, 0) is 79.0 Å². The number of carbonyl (C=O) groups excluding carboxylic acids is 2. The first-order valence-electron chi connectivity index (χ1n) is 11.2. The third-order valence-electron chi connectivity index (χ3n) is 5.54. The van der Waals surface area contributed by atoms with Crippen LogP contribution in [0, 0.1) is 0 Å². The van der Waals surface area contributed by atoms with Crippen molar-refractivity contribution in [2.45, 2.75) is 4.90 Å². The van der Waals surface area contributed by atoms with Crippen LogP contribution in [0.1, 0.15) is 5.76 Å². The molecule has 11 heteroatoms. The van der Waals surface area contributed by atoms with Crippen molar-refractivity contribution in [3.8, 4) is 22.8 Å². The largest absolute Gasteiger partial charge is 0.457 e. The Morgan fingerprint density at radius 3 is 2.32 bits per heavy atom. The van der Waals surface area contributed by atoms with E-state index in [1.54, 1.807) is 42.5 Å². The summed E-state index contributed by atoms with van der Waals surface area (Å²) in [7, 11) is -3.90. The van der Waals surface area contributed by atoms with Crippen LogP contribution in [-0.4, -0.2) is 25.3 Å². The van der Waals surface area contributed by atoms with Crippen LogP contribution in [-0.2, 0) is 19.6 Å². The first-order valence-corrected chi connectivity index (χ1v) is 13.1. The van der Waals surface area contributed by atoms with Gasteiger partial charge in [0.25, 0.3) is 11.8 Å². The molecular formula is C27H19N3O6S2. The van der Waals surface area contributed by atoms with Crippen LogP contribution < -0.4 is 20.1 Å². The summed E-state index contributed by atoms with van der Waals surface area (Å²) in [6.45, 7) is 0. The highest BCUT2D eigenvalue weighted by Crippen LogP contribution is 2.29. The topological polar surface area (TPSA) is 132 Å². The number of amides is 2. The summed E-state index contributed by atoms with van der Waals surface area (Å²) in [6.07, 6.45) is 1.30. The van der Waals surface area contributed by atoms with Crippen LogP contribution in [0.3, 0.4) is 0 Å². The summed E-state index contributed by atoms with van der Waals surface area (Å²) in [4.78, 5) is 27.1. The lowest BCUT2D eigenvalue weighted by molar-refractivity contribution is -0.122. The molecule has 9 nitrogen and oxygen atoms in total. The second-order valence-corrected chi connectivity index (χ2v) is 10.1. The van der Waals surface area contributed by atoms with Gasteiger partial charge in [-0.1, -0.05) is 30.3 Å². The van der Waals surface area contributed by atoms with Gasteiger partial charge >= 0.3 is 0 Å². The number of benzene rings is 3. The number of anilines is 1. The zero-order valence-electron chi connectivity index (χ0n) is 19.5.